The van der Waals surface area contributed by atoms with Crippen molar-refractivity contribution in [1.82, 2.24) is 15.5 Å². The van der Waals surface area contributed by atoms with Crippen LogP contribution in [0.15, 0.2) is 17.5 Å². The van der Waals surface area contributed by atoms with Crippen LogP contribution in [0.5, 0.6) is 0 Å². The molecule has 8 heteroatoms. The van der Waals surface area contributed by atoms with Gasteiger partial charge >= 0.3 is 0 Å². The van der Waals surface area contributed by atoms with Gasteiger partial charge in [-0.05, 0) is 45.1 Å². The van der Waals surface area contributed by atoms with E-state index in [1.807, 2.05) is 19.5 Å². The molecule has 0 aliphatic rings. The lowest BCUT2D eigenvalue weighted by Crippen LogP contribution is -2.53. The zero-order valence-corrected chi connectivity index (χ0v) is 14.4. The maximum absolute atomic E-state index is 12.0. The SMILES string of the molecule is CN(C)CCCNC(NC(=O)c1cccs1)C(Cl)(Cl)Cl. The minimum atomic E-state index is -1.61. The fourth-order valence-corrected chi connectivity index (χ4v) is 2.52. The first-order valence-corrected chi connectivity index (χ1v) is 8.11. The van der Waals surface area contributed by atoms with E-state index >= 15 is 0 Å². The van der Waals surface area contributed by atoms with Gasteiger partial charge in [0.2, 0.25) is 3.79 Å². The number of hydrogen-bond acceptors (Lipinski definition) is 4. The Kier molecular flexibility index (Phi) is 7.58. The highest BCUT2D eigenvalue weighted by atomic mass is 35.6. The molecule has 0 radical (unpaired) electrons. The monoisotopic (exact) mass is 357 g/mol. The van der Waals surface area contributed by atoms with E-state index in [0.717, 1.165) is 13.0 Å². The molecule has 0 aliphatic carbocycles. The first-order valence-electron chi connectivity index (χ1n) is 6.10. The van der Waals surface area contributed by atoms with Crippen LogP contribution in [0.25, 0.3) is 0 Å². The van der Waals surface area contributed by atoms with Crippen LogP contribution in [0, 0.1) is 0 Å². The van der Waals surface area contributed by atoms with Crippen LogP contribution in [0.3, 0.4) is 0 Å². The highest BCUT2D eigenvalue weighted by molar-refractivity contribution is 7.12. The lowest BCUT2D eigenvalue weighted by Gasteiger charge is -2.26. The van der Waals surface area contributed by atoms with Gasteiger partial charge in [0.1, 0.15) is 6.17 Å². The molecule has 1 unspecified atom stereocenters. The summed E-state index contributed by atoms with van der Waals surface area (Å²) < 4.78 is -1.61. The fraction of sp³-hybridized carbons (Fsp3) is 0.583. The van der Waals surface area contributed by atoms with Gasteiger partial charge in [-0.2, -0.15) is 0 Å². The van der Waals surface area contributed by atoms with Gasteiger partial charge in [0.05, 0.1) is 4.88 Å². The highest BCUT2D eigenvalue weighted by Gasteiger charge is 2.33. The molecule has 0 spiro atoms. The Balaban J connectivity index is 2.50. The largest absolute Gasteiger partial charge is 0.332 e. The standard InChI is InChI=1S/C12H18Cl3N3OS/c1-18(2)7-4-6-16-11(12(13,14)15)17-10(19)9-5-3-8-20-9/h3,5,8,11,16H,4,6-7H2,1-2H3,(H,17,19). The quantitative estimate of drug-likeness (QED) is 0.447. The highest BCUT2D eigenvalue weighted by Crippen LogP contribution is 2.29. The van der Waals surface area contributed by atoms with Gasteiger partial charge in [-0.3, -0.25) is 10.1 Å². The Hall–Kier alpha value is -0.0400. The van der Waals surface area contributed by atoms with E-state index in [-0.39, 0.29) is 5.91 Å². The second-order valence-electron chi connectivity index (χ2n) is 4.54. The molecule has 1 aromatic rings. The Morgan fingerprint density at radius 2 is 2.15 bits per heavy atom. The van der Waals surface area contributed by atoms with E-state index in [1.54, 1.807) is 12.1 Å². The van der Waals surface area contributed by atoms with Crippen molar-refractivity contribution in [2.24, 2.45) is 0 Å². The van der Waals surface area contributed by atoms with Crippen molar-refractivity contribution in [3.05, 3.63) is 22.4 Å². The lowest BCUT2D eigenvalue weighted by atomic mass is 10.3. The number of halogens is 3. The molecular formula is C12H18Cl3N3OS. The van der Waals surface area contributed by atoms with Gasteiger partial charge in [-0.25, -0.2) is 0 Å². The number of thiophene rings is 1. The molecule has 20 heavy (non-hydrogen) atoms. The summed E-state index contributed by atoms with van der Waals surface area (Å²) in [4.78, 5) is 14.6. The Bertz CT molecular complexity index is 407. The first-order chi connectivity index (χ1) is 9.30. The number of alkyl halides is 3. The molecule has 0 saturated heterocycles. The molecule has 1 heterocycles. The lowest BCUT2D eigenvalue weighted by molar-refractivity contribution is 0.0933. The summed E-state index contributed by atoms with van der Waals surface area (Å²) in [5, 5.41) is 7.58. The van der Waals surface area contributed by atoms with Crippen LogP contribution in [0.2, 0.25) is 0 Å². The molecule has 0 saturated carbocycles. The molecule has 1 atom stereocenters. The van der Waals surface area contributed by atoms with Gasteiger partial charge in [-0.1, -0.05) is 40.9 Å². The van der Waals surface area contributed by atoms with E-state index in [1.165, 1.54) is 11.3 Å². The predicted octanol–water partition coefficient (Wildman–Crippen LogP) is 2.72. The zero-order chi connectivity index (χ0) is 15.2. The number of hydrogen-bond donors (Lipinski definition) is 2. The van der Waals surface area contributed by atoms with E-state index < -0.39 is 9.96 Å². The molecule has 0 aromatic carbocycles. The molecule has 0 fully saturated rings. The third-order valence-corrected chi connectivity index (χ3v) is 4.00. The van der Waals surface area contributed by atoms with Crippen LogP contribution in [0.4, 0.5) is 0 Å². The third kappa shape index (κ3) is 6.61. The van der Waals surface area contributed by atoms with Crippen LogP contribution in [0.1, 0.15) is 16.1 Å². The molecule has 114 valence electrons. The average molecular weight is 359 g/mol. The minimum absolute atomic E-state index is 0.253. The molecule has 1 amide bonds. The topological polar surface area (TPSA) is 44.4 Å². The Morgan fingerprint density at radius 1 is 1.45 bits per heavy atom. The third-order valence-electron chi connectivity index (χ3n) is 2.48. The maximum Gasteiger partial charge on any atom is 0.262 e. The zero-order valence-electron chi connectivity index (χ0n) is 11.3. The molecular weight excluding hydrogens is 341 g/mol. The van der Waals surface area contributed by atoms with Gasteiger partial charge in [0.15, 0.2) is 0 Å². The fourth-order valence-electron chi connectivity index (χ4n) is 1.50. The normalized spacial score (nSPS) is 13.5. The smallest absolute Gasteiger partial charge is 0.262 e. The number of nitrogens with zero attached hydrogens (tertiary/aromatic N) is 1. The average Bonchev–Trinajstić information content (AvgIpc) is 2.84. The van der Waals surface area contributed by atoms with E-state index in [0.29, 0.717) is 11.4 Å². The van der Waals surface area contributed by atoms with Gasteiger partial charge in [0.25, 0.3) is 5.91 Å². The van der Waals surface area contributed by atoms with Crippen molar-refractivity contribution >= 4 is 52.0 Å². The number of carbonyl (C=O) groups excluding carboxylic acids is 1. The summed E-state index contributed by atoms with van der Waals surface area (Å²) in [6.45, 7) is 1.56. The molecule has 1 aromatic heterocycles. The summed E-state index contributed by atoms with van der Waals surface area (Å²) in [6.07, 6.45) is 0.156. The summed E-state index contributed by atoms with van der Waals surface area (Å²) in [5.74, 6) is -0.253. The molecule has 0 aliphatic heterocycles. The van der Waals surface area contributed by atoms with Crippen molar-refractivity contribution in [2.45, 2.75) is 16.4 Å². The van der Waals surface area contributed by atoms with Crippen LogP contribution >= 0.6 is 46.1 Å². The van der Waals surface area contributed by atoms with Gasteiger partial charge < -0.3 is 10.2 Å². The second kappa shape index (κ2) is 8.41. The summed E-state index contributed by atoms with van der Waals surface area (Å²) in [6, 6.07) is 3.52. The van der Waals surface area contributed by atoms with Gasteiger partial charge in [-0.15, -0.1) is 11.3 Å². The van der Waals surface area contributed by atoms with Crippen molar-refractivity contribution in [1.29, 1.82) is 0 Å². The van der Waals surface area contributed by atoms with E-state index in [2.05, 4.69) is 15.5 Å². The molecule has 0 bridgehead atoms. The summed E-state index contributed by atoms with van der Waals surface area (Å²) in [5.41, 5.74) is 0. The van der Waals surface area contributed by atoms with Gasteiger partial charge in [0, 0.05) is 0 Å². The van der Waals surface area contributed by atoms with Crippen molar-refractivity contribution in [3.8, 4) is 0 Å². The molecule has 4 nitrogen and oxygen atoms in total. The number of rotatable bonds is 7. The number of nitrogens with one attached hydrogen (secondary N) is 2. The second-order valence-corrected chi connectivity index (χ2v) is 7.85. The Labute approximate surface area is 138 Å². The van der Waals surface area contributed by atoms with E-state index in [4.69, 9.17) is 34.8 Å². The van der Waals surface area contributed by atoms with Crippen LogP contribution < -0.4 is 10.6 Å². The van der Waals surface area contributed by atoms with Crippen LogP contribution in [-0.4, -0.2) is 48.0 Å². The summed E-state index contributed by atoms with van der Waals surface area (Å²) in [7, 11) is 3.98. The molecule has 1 rings (SSSR count). The molecule has 2 N–H and O–H groups in total. The summed E-state index contributed by atoms with van der Waals surface area (Å²) >= 11 is 19.0. The van der Waals surface area contributed by atoms with Crippen molar-refractivity contribution in [2.75, 3.05) is 27.2 Å². The van der Waals surface area contributed by atoms with Crippen LogP contribution in [-0.2, 0) is 0 Å². The number of carbonyl (C=O) groups is 1. The van der Waals surface area contributed by atoms with E-state index in [9.17, 15) is 4.79 Å². The number of amides is 1. The predicted molar refractivity (Wildman–Crippen MR) is 87.0 cm³/mol. The minimum Gasteiger partial charge on any atom is -0.332 e. The van der Waals surface area contributed by atoms with Crippen molar-refractivity contribution < 1.29 is 4.79 Å². The first kappa shape index (κ1) is 18.0. The maximum atomic E-state index is 12.0. The van der Waals surface area contributed by atoms with Crippen molar-refractivity contribution in [3.63, 3.8) is 0 Å². The Morgan fingerprint density at radius 3 is 2.65 bits per heavy atom.